The lowest BCUT2D eigenvalue weighted by Gasteiger charge is -2.18. The number of thioether (sulfide) groups is 2. The maximum absolute atomic E-state index is 5.39. The number of hydrogen-bond donors (Lipinski definition) is 1. The molecule has 0 aliphatic heterocycles. The van der Waals surface area contributed by atoms with E-state index < -0.39 is 0 Å². The van der Waals surface area contributed by atoms with Crippen LogP contribution in [0.5, 0.6) is 11.5 Å². The normalized spacial score (nSPS) is 12.2. The minimum absolute atomic E-state index is 0.549. The average molecular weight is 316 g/mol. The summed E-state index contributed by atoms with van der Waals surface area (Å²) in [7, 11) is 3.35. The van der Waals surface area contributed by atoms with Crippen LogP contribution in [-0.4, -0.2) is 38.5 Å². The van der Waals surface area contributed by atoms with Gasteiger partial charge in [0, 0.05) is 23.2 Å². The lowest BCUT2D eigenvalue weighted by Crippen LogP contribution is -2.30. The Kier molecular flexibility index (Phi) is 8.26. The Balaban J connectivity index is 2.87. The van der Waals surface area contributed by atoms with Crippen LogP contribution < -0.4 is 14.8 Å². The van der Waals surface area contributed by atoms with Crippen molar-refractivity contribution < 1.29 is 9.47 Å². The highest BCUT2D eigenvalue weighted by atomic mass is 32.2. The smallest absolute Gasteiger partial charge is 0.161 e. The van der Waals surface area contributed by atoms with Crippen LogP contribution in [-0.2, 0) is 6.54 Å². The van der Waals surface area contributed by atoms with E-state index in [4.69, 9.17) is 9.47 Å². The molecule has 1 N–H and O–H groups in total. The molecule has 5 heteroatoms. The summed E-state index contributed by atoms with van der Waals surface area (Å²) in [5.74, 6) is 2.72. The number of ether oxygens (including phenoxy) is 2. The van der Waals surface area contributed by atoms with Crippen molar-refractivity contribution >= 4 is 23.5 Å². The number of hydrogen-bond acceptors (Lipinski definition) is 5. The van der Waals surface area contributed by atoms with Gasteiger partial charge in [-0.2, -0.15) is 11.8 Å². The fourth-order valence-electron chi connectivity index (χ4n) is 2.01. The summed E-state index contributed by atoms with van der Waals surface area (Å²) in [6.07, 6.45) is 5.38. The summed E-state index contributed by atoms with van der Waals surface area (Å²) >= 11 is 3.62. The van der Waals surface area contributed by atoms with E-state index in [-0.39, 0.29) is 0 Å². The monoisotopic (exact) mass is 315 g/mol. The van der Waals surface area contributed by atoms with Crippen molar-refractivity contribution in [3.8, 4) is 11.5 Å². The molecule has 0 bridgehead atoms. The topological polar surface area (TPSA) is 30.5 Å². The molecular weight excluding hydrogens is 290 g/mol. The quantitative estimate of drug-likeness (QED) is 0.703. The van der Waals surface area contributed by atoms with Gasteiger partial charge in [0.25, 0.3) is 0 Å². The standard InChI is InChI=1S/C15H25NO2S2/c1-6-12(10-19-4)16-9-11-7-13(17-2)14(18-3)8-15(11)20-5/h7-8,12,16H,6,9-10H2,1-5H3. The van der Waals surface area contributed by atoms with Crippen LogP contribution in [0.25, 0.3) is 0 Å². The van der Waals surface area contributed by atoms with E-state index in [0.717, 1.165) is 30.2 Å². The molecule has 0 spiro atoms. The van der Waals surface area contributed by atoms with Crippen LogP contribution in [0.3, 0.4) is 0 Å². The summed E-state index contributed by atoms with van der Waals surface area (Å²) in [4.78, 5) is 1.23. The molecule has 20 heavy (non-hydrogen) atoms. The van der Waals surface area contributed by atoms with Crippen molar-refractivity contribution in [1.82, 2.24) is 5.32 Å². The van der Waals surface area contributed by atoms with E-state index >= 15 is 0 Å². The molecule has 0 fully saturated rings. The first-order valence-electron chi connectivity index (χ1n) is 6.71. The van der Waals surface area contributed by atoms with Crippen LogP contribution in [0.15, 0.2) is 17.0 Å². The van der Waals surface area contributed by atoms with Gasteiger partial charge < -0.3 is 14.8 Å². The van der Waals surface area contributed by atoms with Crippen LogP contribution in [0.1, 0.15) is 18.9 Å². The molecule has 1 aromatic carbocycles. The molecule has 0 radical (unpaired) electrons. The first-order chi connectivity index (χ1) is 9.69. The van der Waals surface area contributed by atoms with Gasteiger partial charge in [-0.15, -0.1) is 11.8 Å². The lowest BCUT2D eigenvalue weighted by molar-refractivity contribution is 0.353. The fourth-order valence-corrected chi connectivity index (χ4v) is 3.38. The SMILES string of the molecule is CCC(CSC)NCc1cc(OC)c(OC)cc1SC. The van der Waals surface area contributed by atoms with Gasteiger partial charge in [-0.1, -0.05) is 6.92 Å². The van der Waals surface area contributed by atoms with Crippen molar-refractivity contribution in [1.29, 1.82) is 0 Å². The van der Waals surface area contributed by atoms with Crippen molar-refractivity contribution in [3.63, 3.8) is 0 Å². The van der Waals surface area contributed by atoms with E-state index in [1.807, 2.05) is 11.8 Å². The molecule has 0 amide bonds. The highest BCUT2D eigenvalue weighted by molar-refractivity contribution is 7.98. The molecule has 0 aromatic heterocycles. The zero-order valence-corrected chi connectivity index (χ0v) is 14.6. The third-order valence-electron chi connectivity index (χ3n) is 3.23. The van der Waals surface area contributed by atoms with Gasteiger partial charge in [0.05, 0.1) is 14.2 Å². The highest BCUT2D eigenvalue weighted by Crippen LogP contribution is 2.34. The van der Waals surface area contributed by atoms with Crippen molar-refractivity contribution in [2.45, 2.75) is 30.8 Å². The first-order valence-corrected chi connectivity index (χ1v) is 9.33. The van der Waals surface area contributed by atoms with Gasteiger partial charge in [0.15, 0.2) is 11.5 Å². The fraction of sp³-hybridized carbons (Fsp3) is 0.600. The van der Waals surface area contributed by atoms with Crippen molar-refractivity contribution in [3.05, 3.63) is 17.7 Å². The van der Waals surface area contributed by atoms with E-state index in [0.29, 0.717) is 6.04 Å². The lowest BCUT2D eigenvalue weighted by atomic mass is 10.1. The average Bonchev–Trinajstić information content (AvgIpc) is 2.50. The largest absolute Gasteiger partial charge is 0.493 e. The summed E-state index contributed by atoms with van der Waals surface area (Å²) in [5.41, 5.74) is 1.26. The Labute approximate surface area is 131 Å². The number of rotatable bonds is 9. The van der Waals surface area contributed by atoms with E-state index in [9.17, 15) is 0 Å². The molecule has 0 heterocycles. The van der Waals surface area contributed by atoms with Gasteiger partial charge in [-0.25, -0.2) is 0 Å². The summed E-state index contributed by atoms with van der Waals surface area (Å²) in [6, 6.07) is 4.67. The molecule has 1 aromatic rings. The molecule has 3 nitrogen and oxygen atoms in total. The maximum atomic E-state index is 5.39. The Morgan fingerprint density at radius 3 is 2.30 bits per heavy atom. The number of nitrogens with one attached hydrogen (secondary N) is 1. The second-order valence-corrected chi connectivity index (χ2v) is 6.22. The summed E-state index contributed by atoms with van der Waals surface area (Å²) in [6.45, 7) is 3.08. The Morgan fingerprint density at radius 1 is 1.15 bits per heavy atom. The van der Waals surface area contributed by atoms with E-state index in [2.05, 4.69) is 36.9 Å². The summed E-state index contributed by atoms with van der Waals surface area (Å²) < 4.78 is 10.7. The van der Waals surface area contributed by atoms with Gasteiger partial charge in [-0.3, -0.25) is 0 Å². The third kappa shape index (κ3) is 4.79. The molecule has 0 saturated carbocycles. The molecule has 1 atom stereocenters. The van der Waals surface area contributed by atoms with Crippen LogP contribution in [0.4, 0.5) is 0 Å². The van der Waals surface area contributed by atoms with Crippen LogP contribution >= 0.6 is 23.5 Å². The molecule has 1 rings (SSSR count). The molecule has 114 valence electrons. The number of methoxy groups -OCH3 is 2. The van der Waals surface area contributed by atoms with Crippen molar-refractivity contribution in [2.75, 3.05) is 32.5 Å². The maximum Gasteiger partial charge on any atom is 0.161 e. The Morgan fingerprint density at radius 2 is 1.80 bits per heavy atom. The van der Waals surface area contributed by atoms with Gasteiger partial charge in [0.2, 0.25) is 0 Å². The molecule has 1 unspecified atom stereocenters. The zero-order chi connectivity index (χ0) is 15.0. The second kappa shape index (κ2) is 9.42. The van der Waals surface area contributed by atoms with E-state index in [1.165, 1.54) is 10.5 Å². The van der Waals surface area contributed by atoms with Gasteiger partial charge in [-0.05, 0) is 36.6 Å². The highest BCUT2D eigenvalue weighted by Gasteiger charge is 2.12. The first kappa shape index (κ1) is 17.5. The zero-order valence-electron chi connectivity index (χ0n) is 13.0. The van der Waals surface area contributed by atoms with E-state index in [1.54, 1.807) is 26.0 Å². The molecule has 0 saturated heterocycles. The van der Waals surface area contributed by atoms with Crippen LogP contribution in [0, 0.1) is 0 Å². The Bertz CT molecular complexity index is 413. The number of benzene rings is 1. The van der Waals surface area contributed by atoms with Gasteiger partial charge in [0.1, 0.15) is 0 Å². The van der Waals surface area contributed by atoms with Gasteiger partial charge >= 0.3 is 0 Å². The molecule has 0 aliphatic rings. The second-order valence-electron chi connectivity index (χ2n) is 4.46. The van der Waals surface area contributed by atoms with Crippen LogP contribution in [0.2, 0.25) is 0 Å². The minimum Gasteiger partial charge on any atom is -0.493 e. The summed E-state index contributed by atoms with van der Waals surface area (Å²) in [5, 5.41) is 3.62. The molecule has 0 aliphatic carbocycles. The minimum atomic E-state index is 0.549. The van der Waals surface area contributed by atoms with Crippen molar-refractivity contribution in [2.24, 2.45) is 0 Å². The molecular formula is C15H25NO2S2. The third-order valence-corrected chi connectivity index (χ3v) is 4.78. The predicted octanol–water partition coefficient (Wildman–Crippen LogP) is 3.66. The Hall–Kier alpha value is -0.520. The predicted molar refractivity (Wildman–Crippen MR) is 90.6 cm³/mol.